The number of anilines is 1. The molecule has 1 saturated heterocycles. The first-order valence-corrected chi connectivity index (χ1v) is 6.89. The lowest BCUT2D eigenvalue weighted by atomic mass is 10.0. The minimum atomic E-state index is -0.617. The smallest absolute Gasteiger partial charge is 0.269 e. The number of benzene rings is 1. The van der Waals surface area contributed by atoms with E-state index in [2.05, 4.69) is 5.32 Å². The molecule has 1 fully saturated rings. The summed E-state index contributed by atoms with van der Waals surface area (Å²) < 4.78 is 0. The fraction of sp³-hybridized carbons (Fsp3) is 0.333. The summed E-state index contributed by atoms with van der Waals surface area (Å²) in [6, 6.07) is 5.53. The molecule has 1 unspecified atom stereocenters. The predicted molar refractivity (Wildman–Crippen MR) is 72.2 cm³/mol. The Morgan fingerprint density at radius 2 is 2.05 bits per heavy atom. The van der Waals surface area contributed by atoms with Gasteiger partial charge in [0.15, 0.2) is 0 Å². The Balaban J connectivity index is 2.02. The third-order valence-electron chi connectivity index (χ3n) is 2.83. The average molecular weight is 280 g/mol. The van der Waals surface area contributed by atoms with Gasteiger partial charge in [-0.1, -0.05) is 0 Å². The van der Waals surface area contributed by atoms with Crippen LogP contribution in [0, 0.1) is 16.0 Å². The van der Waals surface area contributed by atoms with Crippen molar-refractivity contribution in [3.05, 3.63) is 34.4 Å². The number of thioether (sulfide) groups is 1. The summed E-state index contributed by atoms with van der Waals surface area (Å²) in [6.45, 7) is 0. The van der Waals surface area contributed by atoms with E-state index in [9.17, 15) is 19.7 Å². The molecule has 2 rings (SSSR count). The number of carbonyl (C=O) groups excluding carboxylic acids is 2. The highest BCUT2D eigenvalue weighted by molar-refractivity contribution is 7.99. The normalized spacial score (nSPS) is 18.9. The van der Waals surface area contributed by atoms with Crippen molar-refractivity contribution in [1.82, 2.24) is 0 Å². The Morgan fingerprint density at radius 3 is 2.63 bits per heavy atom. The maximum Gasteiger partial charge on any atom is 0.269 e. The summed E-state index contributed by atoms with van der Waals surface area (Å²) in [7, 11) is 0. The molecule has 1 atom stereocenters. The second-order valence-corrected chi connectivity index (χ2v) is 5.29. The van der Waals surface area contributed by atoms with Crippen LogP contribution < -0.4 is 5.32 Å². The zero-order valence-corrected chi connectivity index (χ0v) is 10.8. The number of hydrogen-bond acceptors (Lipinski definition) is 5. The highest BCUT2D eigenvalue weighted by Crippen LogP contribution is 2.22. The highest BCUT2D eigenvalue weighted by Gasteiger charge is 2.29. The molecule has 1 aliphatic heterocycles. The number of rotatable bonds is 3. The van der Waals surface area contributed by atoms with Crippen molar-refractivity contribution in [2.75, 3.05) is 16.8 Å². The van der Waals surface area contributed by atoms with Crippen LogP contribution in [-0.4, -0.2) is 28.1 Å². The van der Waals surface area contributed by atoms with Gasteiger partial charge in [0.1, 0.15) is 11.7 Å². The second-order valence-electron chi connectivity index (χ2n) is 4.14. The molecule has 1 aromatic carbocycles. The number of hydrogen-bond donors (Lipinski definition) is 1. The van der Waals surface area contributed by atoms with Gasteiger partial charge in [-0.3, -0.25) is 19.7 Å². The van der Waals surface area contributed by atoms with E-state index in [4.69, 9.17) is 0 Å². The second kappa shape index (κ2) is 5.83. The topological polar surface area (TPSA) is 89.3 Å². The Kier molecular flexibility index (Phi) is 4.16. The van der Waals surface area contributed by atoms with Crippen molar-refractivity contribution in [2.45, 2.75) is 6.42 Å². The SMILES string of the molecule is O=C1CCSCC1C(=O)Nc1ccc([N+](=O)[O-])cc1. The highest BCUT2D eigenvalue weighted by atomic mass is 32.2. The molecule has 0 aromatic heterocycles. The molecule has 1 amide bonds. The number of nitrogens with one attached hydrogen (secondary N) is 1. The molecule has 100 valence electrons. The maximum absolute atomic E-state index is 11.9. The molecular formula is C12H12N2O4S. The maximum atomic E-state index is 11.9. The van der Waals surface area contributed by atoms with Crippen molar-refractivity contribution < 1.29 is 14.5 Å². The number of ketones is 1. The molecular weight excluding hydrogens is 268 g/mol. The van der Waals surface area contributed by atoms with Crippen molar-refractivity contribution in [2.24, 2.45) is 5.92 Å². The van der Waals surface area contributed by atoms with Gasteiger partial charge >= 0.3 is 0 Å². The van der Waals surface area contributed by atoms with Crippen LogP contribution >= 0.6 is 11.8 Å². The van der Waals surface area contributed by atoms with Crippen LogP contribution in [0.3, 0.4) is 0 Å². The fourth-order valence-electron chi connectivity index (χ4n) is 1.76. The summed E-state index contributed by atoms with van der Waals surface area (Å²) in [5.41, 5.74) is 0.418. The first kappa shape index (κ1) is 13.5. The van der Waals surface area contributed by atoms with Gasteiger partial charge in [0.05, 0.1) is 4.92 Å². The van der Waals surface area contributed by atoms with Gasteiger partial charge in [-0.15, -0.1) is 0 Å². The number of Topliss-reactive ketones (excluding diaryl/α,β-unsaturated/α-hetero) is 1. The van der Waals surface area contributed by atoms with Crippen LogP contribution in [0.2, 0.25) is 0 Å². The fourth-order valence-corrected chi connectivity index (χ4v) is 2.84. The van der Waals surface area contributed by atoms with Gasteiger partial charge in [0.25, 0.3) is 5.69 Å². The molecule has 6 nitrogen and oxygen atoms in total. The van der Waals surface area contributed by atoms with E-state index >= 15 is 0 Å². The summed E-state index contributed by atoms with van der Waals surface area (Å²) in [4.78, 5) is 33.5. The molecule has 1 N–H and O–H groups in total. The lowest BCUT2D eigenvalue weighted by Gasteiger charge is -2.19. The van der Waals surface area contributed by atoms with Crippen molar-refractivity contribution in [3.63, 3.8) is 0 Å². The molecule has 7 heteroatoms. The lowest BCUT2D eigenvalue weighted by Crippen LogP contribution is -2.34. The zero-order valence-electron chi connectivity index (χ0n) is 10.00. The summed E-state index contributed by atoms with van der Waals surface area (Å²) in [5.74, 6) is 0.260. The lowest BCUT2D eigenvalue weighted by molar-refractivity contribution is -0.384. The van der Waals surface area contributed by atoms with E-state index in [0.29, 0.717) is 17.9 Å². The minimum Gasteiger partial charge on any atom is -0.325 e. The number of non-ortho nitro benzene ring substituents is 1. The van der Waals surface area contributed by atoms with Gasteiger partial charge in [0, 0.05) is 35.7 Å². The Labute approximate surface area is 113 Å². The van der Waals surface area contributed by atoms with Crippen LogP contribution in [0.5, 0.6) is 0 Å². The molecule has 0 bridgehead atoms. The molecule has 0 saturated carbocycles. The first-order valence-electron chi connectivity index (χ1n) is 5.73. The van der Waals surface area contributed by atoms with E-state index in [1.54, 1.807) is 11.8 Å². The van der Waals surface area contributed by atoms with Crippen molar-refractivity contribution >= 4 is 34.8 Å². The Hall–Kier alpha value is -1.89. The van der Waals surface area contributed by atoms with E-state index in [1.165, 1.54) is 24.3 Å². The largest absolute Gasteiger partial charge is 0.325 e. The van der Waals surface area contributed by atoms with Gasteiger partial charge in [-0.25, -0.2) is 0 Å². The quantitative estimate of drug-likeness (QED) is 0.518. The van der Waals surface area contributed by atoms with Crippen LogP contribution in [0.15, 0.2) is 24.3 Å². The number of nitro benzene ring substituents is 1. The Morgan fingerprint density at radius 1 is 1.37 bits per heavy atom. The molecule has 0 radical (unpaired) electrons. The molecule has 0 spiro atoms. The third-order valence-corrected chi connectivity index (χ3v) is 3.89. The predicted octanol–water partition coefficient (Wildman–Crippen LogP) is 1.86. The number of carbonyl (C=O) groups is 2. The van der Waals surface area contributed by atoms with Gasteiger partial charge < -0.3 is 5.32 Å². The molecule has 1 heterocycles. The molecule has 1 aliphatic rings. The van der Waals surface area contributed by atoms with E-state index < -0.39 is 10.8 Å². The van der Waals surface area contributed by atoms with E-state index in [1.807, 2.05) is 0 Å². The monoisotopic (exact) mass is 280 g/mol. The van der Waals surface area contributed by atoms with Crippen molar-refractivity contribution in [3.8, 4) is 0 Å². The Bertz CT molecular complexity index is 515. The number of nitro groups is 1. The van der Waals surface area contributed by atoms with E-state index in [-0.39, 0.29) is 17.4 Å². The zero-order chi connectivity index (χ0) is 13.8. The van der Waals surface area contributed by atoms with Gasteiger partial charge in [0.2, 0.25) is 5.91 Å². The minimum absolute atomic E-state index is 0.0395. The van der Waals surface area contributed by atoms with Crippen LogP contribution in [0.25, 0.3) is 0 Å². The molecule has 1 aromatic rings. The summed E-state index contributed by atoms with van der Waals surface area (Å²) >= 11 is 1.58. The van der Waals surface area contributed by atoms with Gasteiger partial charge in [-0.05, 0) is 12.1 Å². The number of amides is 1. The van der Waals surface area contributed by atoms with Crippen molar-refractivity contribution in [1.29, 1.82) is 0 Å². The molecule has 19 heavy (non-hydrogen) atoms. The van der Waals surface area contributed by atoms with Crippen LogP contribution in [0.4, 0.5) is 11.4 Å². The average Bonchev–Trinajstić information content (AvgIpc) is 2.39. The van der Waals surface area contributed by atoms with E-state index in [0.717, 1.165) is 5.75 Å². The van der Waals surface area contributed by atoms with Crippen LogP contribution in [-0.2, 0) is 9.59 Å². The van der Waals surface area contributed by atoms with Crippen LogP contribution in [0.1, 0.15) is 6.42 Å². The molecule has 0 aliphatic carbocycles. The van der Waals surface area contributed by atoms with Gasteiger partial charge in [-0.2, -0.15) is 11.8 Å². The summed E-state index contributed by atoms with van der Waals surface area (Å²) in [5, 5.41) is 13.1. The first-order chi connectivity index (χ1) is 9.08. The standard InChI is InChI=1S/C12H12N2O4S/c15-11-5-6-19-7-10(11)12(16)13-8-1-3-9(4-2-8)14(17)18/h1-4,10H,5-7H2,(H,13,16). The summed E-state index contributed by atoms with van der Waals surface area (Å²) in [6.07, 6.45) is 0.420. The number of nitrogens with zero attached hydrogens (tertiary/aromatic N) is 1. The third kappa shape index (κ3) is 3.31.